The SMILES string of the molecule is CCOC(=O)C1CCN(S(=O)(=O)Cl)C1. The van der Waals surface area contributed by atoms with Crippen molar-refractivity contribution >= 4 is 25.9 Å². The first-order chi connectivity index (χ1) is 6.45. The van der Waals surface area contributed by atoms with Crippen molar-refractivity contribution in [3.8, 4) is 0 Å². The van der Waals surface area contributed by atoms with Crippen LogP contribution in [0.3, 0.4) is 0 Å². The summed E-state index contributed by atoms with van der Waals surface area (Å²) in [6.07, 6.45) is 0.477. The van der Waals surface area contributed by atoms with Crippen molar-refractivity contribution in [2.75, 3.05) is 19.7 Å². The predicted molar refractivity (Wildman–Crippen MR) is 51.1 cm³/mol. The molecule has 1 fully saturated rings. The summed E-state index contributed by atoms with van der Waals surface area (Å²) in [4.78, 5) is 11.2. The molecule has 1 aliphatic heterocycles. The molecule has 0 aliphatic carbocycles. The van der Waals surface area contributed by atoms with Gasteiger partial charge in [0, 0.05) is 23.8 Å². The first-order valence-corrected chi connectivity index (χ1v) is 6.58. The summed E-state index contributed by atoms with van der Waals surface area (Å²) in [5.74, 6) is -0.723. The maximum atomic E-state index is 11.2. The van der Waals surface area contributed by atoms with Gasteiger partial charge in [-0.2, -0.15) is 12.7 Å². The fourth-order valence-electron chi connectivity index (χ4n) is 1.38. The quantitative estimate of drug-likeness (QED) is 0.529. The molecular formula is C7H12ClNO4S. The van der Waals surface area contributed by atoms with Crippen molar-refractivity contribution in [1.82, 2.24) is 4.31 Å². The minimum Gasteiger partial charge on any atom is -0.466 e. The third-order valence-electron chi connectivity index (χ3n) is 2.08. The number of ether oxygens (including phenoxy) is 1. The average molecular weight is 242 g/mol. The summed E-state index contributed by atoms with van der Waals surface area (Å²) in [5, 5.41) is 0. The first kappa shape index (κ1) is 11.7. The van der Waals surface area contributed by atoms with Crippen molar-refractivity contribution in [3.63, 3.8) is 0 Å². The van der Waals surface area contributed by atoms with Gasteiger partial charge in [-0.05, 0) is 13.3 Å². The lowest BCUT2D eigenvalue weighted by atomic mass is 10.1. The van der Waals surface area contributed by atoms with Gasteiger partial charge in [-0.1, -0.05) is 0 Å². The van der Waals surface area contributed by atoms with Gasteiger partial charge >= 0.3 is 5.97 Å². The minimum atomic E-state index is -3.69. The highest BCUT2D eigenvalue weighted by Crippen LogP contribution is 2.22. The van der Waals surface area contributed by atoms with Crippen LogP contribution in [0.15, 0.2) is 0 Å². The summed E-state index contributed by atoms with van der Waals surface area (Å²) in [6, 6.07) is 0. The van der Waals surface area contributed by atoms with Crippen molar-refractivity contribution in [1.29, 1.82) is 0 Å². The van der Waals surface area contributed by atoms with Gasteiger partial charge < -0.3 is 4.74 Å². The van der Waals surface area contributed by atoms with E-state index in [1.165, 1.54) is 0 Å². The van der Waals surface area contributed by atoms with Crippen LogP contribution in [0.1, 0.15) is 13.3 Å². The largest absolute Gasteiger partial charge is 0.466 e. The molecule has 1 unspecified atom stereocenters. The maximum absolute atomic E-state index is 11.2. The van der Waals surface area contributed by atoms with Crippen LogP contribution in [0.25, 0.3) is 0 Å². The topological polar surface area (TPSA) is 63.7 Å². The van der Waals surface area contributed by atoms with E-state index in [0.29, 0.717) is 13.0 Å². The van der Waals surface area contributed by atoms with Gasteiger partial charge in [0.25, 0.3) is 9.24 Å². The minimum absolute atomic E-state index is 0.130. The second-order valence-corrected chi connectivity index (χ2v) is 5.55. The number of esters is 1. The first-order valence-electron chi connectivity index (χ1n) is 4.31. The van der Waals surface area contributed by atoms with Crippen LogP contribution in [0.5, 0.6) is 0 Å². The molecule has 5 nitrogen and oxygen atoms in total. The summed E-state index contributed by atoms with van der Waals surface area (Å²) in [6.45, 7) is 2.44. The highest BCUT2D eigenvalue weighted by atomic mass is 35.7. The Bertz CT molecular complexity index is 316. The van der Waals surface area contributed by atoms with E-state index in [9.17, 15) is 13.2 Å². The smallest absolute Gasteiger partial charge is 0.310 e. The molecule has 0 radical (unpaired) electrons. The van der Waals surface area contributed by atoms with Gasteiger partial charge in [-0.15, -0.1) is 0 Å². The number of nitrogens with zero attached hydrogens (tertiary/aromatic N) is 1. The van der Waals surface area contributed by atoms with Crippen molar-refractivity contribution < 1.29 is 17.9 Å². The molecule has 1 rings (SSSR count). The summed E-state index contributed by atoms with van der Waals surface area (Å²) >= 11 is 0. The molecule has 1 heterocycles. The number of carbonyl (C=O) groups excluding carboxylic acids is 1. The van der Waals surface area contributed by atoms with Crippen LogP contribution in [0.2, 0.25) is 0 Å². The van der Waals surface area contributed by atoms with Crippen molar-refractivity contribution in [3.05, 3.63) is 0 Å². The number of hydrogen-bond donors (Lipinski definition) is 0. The Morgan fingerprint density at radius 1 is 1.64 bits per heavy atom. The summed E-state index contributed by atoms with van der Waals surface area (Å²) in [7, 11) is 1.45. The van der Waals surface area contributed by atoms with Gasteiger partial charge in [0.2, 0.25) is 0 Å². The fourth-order valence-corrected chi connectivity index (χ4v) is 2.44. The van der Waals surface area contributed by atoms with E-state index in [0.717, 1.165) is 4.31 Å². The number of rotatable bonds is 3. The Balaban J connectivity index is 2.54. The molecule has 0 bridgehead atoms. The number of carbonyl (C=O) groups is 1. The molecule has 0 amide bonds. The second-order valence-electron chi connectivity index (χ2n) is 3.04. The highest BCUT2D eigenvalue weighted by Gasteiger charge is 2.34. The van der Waals surface area contributed by atoms with Crippen LogP contribution >= 0.6 is 10.7 Å². The van der Waals surface area contributed by atoms with Crippen molar-refractivity contribution in [2.24, 2.45) is 5.92 Å². The average Bonchev–Trinajstić information content (AvgIpc) is 2.51. The third kappa shape index (κ3) is 2.83. The van der Waals surface area contributed by atoms with Gasteiger partial charge in [0.05, 0.1) is 12.5 Å². The Labute approximate surface area is 87.5 Å². The molecule has 1 saturated heterocycles. The zero-order valence-electron chi connectivity index (χ0n) is 7.77. The third-order valence-corrected chi connectivity index (χ3v) is 3.61. The molecule has 82 valence electrons. The Morgan fingerprint density at radius 2 is 2.29 bits per heavy atom. The standard InChI is InChI=1S/C7H12ClNO4S/c1-2-13-7(10)6-3-4-9(5-6)14(8,11)12/h6H,2-5H2,1H3. The Hall–Kier alpha value is -0.330. The second kappa shape index (κ2) is 4.46. The normalized spacial score (nSPS) is 23.7. The zero-order valence-corrected chi connectivity index (χ0v) is 9.34. The lowest BCUT2D eigenvalue weighted by molar-refractivity contribution is -0.147. The molecule has 0 aromatic carbocycles. The van der Waals surface area contributed by atoms with E-state index in [4.69, 9.17) is 15.4 Å². The molecule has 0 aromatic rings. The highest BCUT2D eigenvalue weighted by molar-refractivity contribution is 8.11. The molecule has 0 N–H and O–H groups in total. The van der Waals surface area contributed by atoms with Gasteiger partial charge in [0.15, 0.2) is 0 Å². The van der Waals surface area contributed by atoms with Crippen LogP contribution in [-0.2, 0) is 18.8 Å². The lowest BCUT2D eigenvalue weighted by Crippen LogP contribution is -2.27. The van der Waals surface area contributed by atoms with E-state index >= 15 is 0 Å². The fraction of sp³-hybridized carbons (Fsp3) is 0.857. The van der Waals surface area contributed by atoms with E-state index in [1.807, 2.05) is 0 Å². The molecule has 1 aliphatic rings. The van der Waals surface area contributed by atoms with Crippen LogP contribution in [0, 0.1) is 5.92 Å². The molecule has 0 saturated carbocycles. The van der Waals surface area contributed by atoms with E-state index in [2.05, 4.69) is 0 Å². The summed E-state index contributed by atoms with van der Waals surface area (Å²) in [5.41, 5.74) is 0. The van der Waals surface area contributed by atoms with E-state index in [-0.39, 0.29) is 25.0 Å². The molecular weight excluding hydrogens is 230 g/mol. The lowest BCUT2D eigenvalue weighted by Gasteiger charge is -2.10. The summed E-state index contributed by atoms with van der Waals surface area (Å²) < 4.78 is 27.7. The van der Waals surface area contributed by atoms with Crippen LogP contribution in [0.4, 0.5) is 0 Å². The Kier molecular flexibility index (Phi) is 3.74. The van der Waals surface area contributed by atoms with E-state index < -0.39 is 9.24 Å². The molecule has 0 aromatic heterocycles. The monoisotopic (exact) mass is 241 g/mol. The molecule has 14 heavy (non-hydrogen) atoms. The maximum Gasteiger partial charge on any atom is 0.310 e. The number of halogens is 1. The van der Waals surface area contributed by atoms with Gasteiger partial charge in [-0.25, -0.2) is 0 Å². The zero-order chi connectivity index (χ0) is 10.8. The molecule has 7 heteroatoms. The molecule has 0 spiro atoms. The van der Waals surface area contributed by atoms with Crippen LogP contribution in [-0.4, -0.2) is 38.4 Å². The Morgan fingerprint density at radius 3 is 2.71 bits per heavy atom. The van der Waals surface area contributed by atoms with Crippen molar-refractivity contribution in [2.45, 2.75) is 13.3 Å². The van der Waals surface area contributed by atoms with Crippen LogP contribution < -0.4 is 0 Å². The van der Waals surface area contributed by atoms with E-state index in [1.54, 1.807) is 6.92 Å². The number of hydrogen-bond acceptors (Lipinski definition) is 4. The molecule has 1 atom stereocenters. The van der Waals surface area contributed by atoms with Gasteiger partial charge in [-0.3, -0.25) is 4.79 Å². The predicted octanol–water partition coefficient (Wildman–Crippen LogP) is 0.355. The van der Waals surface area contributed by atoms with Gasteiger partial charge in [0.1, 0.15) is 0 Å².